The van der Waals surface area contributed by atoms with Gasteiger partial charge in [-0.25, -0.2) is 0 Å². The molecule has 3 unspecified atom stereocenters. The van der Waals surface area contributed by atoms with E-state index in [2.05, 4.69) is 37.9 Å². The minimum atomic E-state index is 0.0641. The van der Waals surface area contributed by atoms with E-state index in [-0.39, 0.29) is 17.6 Å². The number of carbonyl (C=O) groups is 1. The molecular weight excluding hydrogens is 248 g/mol. The first kappa shape index (κ1) is 15.8. The zero-order chi connectivity index (χ0) is 14.8. The van der Waals surface area contributed by atoms with Crippen LogP contribution in [0.2, 0.25) is 0 Å². The Morgan fingerprint density at radius 1 is 1.20 bits per heavy atom. The molecule has 1 aliphatic heterocycles. The Kier molecular flexibility index (Phi) is 5.11. The molecule has 3 heteroatoms. The highest BCUT2D eigenvalue weighted by atomic mass is 16.2. The molecule has 0 aromatic carbocycles. The molecule has 1 saturated heterocycles. The number of rotatable bonds is 5. The van der Waals surface area contributed by atoms with Crippen LogP contribution in [0, 0.1) is 5.41 Å². The molecule has 0 radical (unpaired) electrons. The van der Waals surface area contributed by atoms with Gasteiger partial charge in [0.15, 0.2) is 0 Å². The van der Waals surface area contributed by atoms with Crippen LogP contribution in [0.5, 0.6) is 0 Å². The average Bonchev–Trinajstić information content (AvgIpc) is 2.67. The fraction of sp³-hybridized carbons (Fsp3) is 0.941. The van der Waals surface area contributed by atoms with Crippen molar-refractivity contribution in [2.24, 2.45) is 5.41 Å². The summed E-state index contributed by atoms with van der Waals surface area (Å²) in [5, 5.41) is 3.60. The zero-order valence-electron chi connectivity index (χ0n) is 13.7. The smallest absolute Gasteiger partial charge is 0.241 e. The first-order chi connectivity index (χ1) is 9.51. The van der Waals surface area contributed by atoms with E-state index in [1.165, 1.54) is 25.7 Å². The number of hydrogen-bond acceptors (Lipinski definition) is 2. The summed E-state index contributed by atoms with van der Waals surface area (Å²) in [7, 11) is 0. The Labute approximate surface area is 124 Å². The first-order valence-electron chi connectivity index (χ1n) is 8.59. The lowest BCUT2D eigenvalue weighted by atomic mass is 9.72. The van der Waals surface area contributed by atoms with Gasteiger partial charge in [-0.05, 0) is 31.1 Å². The summed E-state index contributed by atoms with van der Waals surface area (Å²) in [6, 6.07) is 0.490. The van der Waals surface area contributed by atoms with Crippen LogP contribution >= 0.6 is 0 Å². The second-order valence-electron chi connectivity index (χ2n) is 7.31. The van der Waals surface area contributed by atoms with Crippen molar-refractivity contribution < 1.29 is 4.79 Å². The molecule has 1 amide bonds. The molecule has 1 heterocycles. The molecule has 2 fully saturated rings. The van der Waals surface area contributed by atoms with E-state index < -0.39 is 0 Å². The van der Waals surface area contributed by atoms with Crippen LogP contribution in [-0.2, 0) is 4.79 Å². The highest BCUT2D eigenvalue weighted by Gasteiger charge is 2.46. The van der Waals surface area contributed by atoms with Gasteiger partial charge in [0.1, 0.15) is 0 Å². The van der Waals surface area contributed by atoms with E-state index in [0.717, 1.165) is 25.7 Å². The highest BCUT2D eigenvalue weighted by molar-refractivity contribution is 5.84. The van der Waals surface area contributed by atoms with Gasteiger partial charge in [-0.2, -0.15) is 0 Å². The lowest BCUT2D eigenvalue weighted by Crippen LogP contribution is -2.52. The van der Waals surface area contributed by atoms with Gasteiger partial charge in [0.25, 0.3) is 0 Å². The minimum Gasteiger partial charge on any atom is -0.322 e. The van der Waals surface area contributed by atoms with Crippen LogP contribution in [0.1, 0.15) is 79.1 Å². The topological polar surface area (TPSA) is 32.3 Å². The zero-order valence-corrected chi connectivity index (χ0v) is 13.7. The fourth-order valence-electron chi connectivity index (χ4n) is 4.07. The van der Waals surface area contributed by atoms with Crippen molar-refractivity contribution in [2.75, 3.05) is 0 Å². The van der Waals surface area contributed by atoms with Crippen LogP contribution in [0.25, 0.3) is 0 Å². The van der Waals surface area contributed by atoms with E-state index in [1.807, 2.05) is 0 Å². The minimum absolute atomic E-state index is 0.0641. The van der Waals surface area contributed by atoms with Crippen LogP contribution < -0.4 is 5.32 Å². The quantitative estimate of drug-likeness (QED) is 0.833. The molecule has 3 nitrogen and oxygen atoms in total. The maximum Gasteiger partial charge on any atom is 0.241 e. The van der Waals surface area contributed by atoms with Crippen LogP contribution in [-0.4, -0.2) is 29.1 Å². The lowest BCUT2D eigenvalue weighted by molar-refractivity contribution is -0.136. The second kappa shape index (κ2) is 6.46. The number of carbonyl (C=O) groups excluding carboxylic acids is 1. The molecule has 2 aliphatic rings. The largest absolute Gasteiger partial charge is 0.322 e. The number of hydrogen-bond donors (Lipinski definition) is 1. The van der Waals surface area contributed by atoms with Gasteiger partial charge in [0.05, 0.1) is 12.2 Å². The molecule has 116 valence electrons. The van der Waals surface area contributed by atoms with Crippen molar-refractivity contribution in [3.05, 3.63) is 0 Å². The predicted octanol–water partition coefficient (Wildman–Crippen LogP) is 3.68. The summed E-state index contributed by atoms with van der Waals surface area (Å²) in [6.45, 7) is 9.07. The molecule has 0 aromatic heterocycles. The molecule has 1 aliphatic carbocycles. The van der Waals surface area contributed by atoms with Crippen molar-refractivity contribution in [3.8, 4) is 0 Å². The van der Waals surface area contributed by atoms with Crippen LogP contribution in [0.4, 0.5) is 0 Å². The van der Waals surface area contributed by atoms with Gasteiger partial charge in [-0.3, -0.25) is 10.1 Å². The van der Waals surface area contributed by atoms with Gasteiger partial charge < -0.3 is 4.90 Å². The average molecular weight is 280 g/mol. The number of nitrogens with zero attached hydrogens (tertiary/aromatic N) is 1. The molecule has 20 heavy (non-hydrogen) atoms. The summed E-state index contributed by atoms with van der Waals surface area (Å²) >= 11 is 0. The second-order valence-corrected chi connectivity index (χ2v) is 7.31. The lowest BCUT2D eigenvalue weighted by Gasteiger charge is -2.45. The first-order valence-corrected chi connectivity index (χ1v) is 8.59. The Morgan fingerprint density at radius 3 is 2.50 bits per heavy atom. The number of nitrogens with one attached hydrogen (secondary N) is 1. The Bertz CT molecular complexity index is 340. The standard InChI is InChI=1S/C17H32N2O/c1-5-9-13-16(20)19(15(18-13)10-6-2)14-11-7-8-12-17(14,3)4/h13-15,18H,5-12H2,1-4H3. The van der Waals surface area contributed by atoms with Gasteiger partial charge in [-0.1, -0.05) is 53.4 Å². The van der Waals surface area contributed by atoms with Crippen molar-refractivity contribution >= 4 is 5.91 Å². The molecule has 1 saturated carbocycles. The summed E-state index contributed by atoms with van der Waals surface area (Å²) in [4.78, 5) is 15.1. The van der Waals surface area contributed by atoms with Gasteiger partial charge in [0.2, 0.25) is 5.91 Å². The van der Waals surface area contributed by atoms with Crippen molar-refractivity contribution in [3.63, 3.8) is 0 Å². The molecular formula is C17H32N2O. The van der Waals surface area contributed by atoms with Crippen molar-refractivity contribution in [1.29, 1.82) is 0 Å². The summed E-state index contributed by atoms with van der Waals surface area (Å²) in [5.74, 6) is 0.366. The summed E-state index contributed by atoms with van der Waals surface area (Å²) in [6.07, 6.45) is 9.55. The van der Waals surface area contributed by atoms with Crippen LogP contribution in [0.3, 0.4) is 0 Å². The predicted molar refractivity (Wildman–Crippen MR) is 83.4 cm³/mol. The molecule has 1 N–H and O–H groups in total. The maximum absolute atomic E-state index is 12.8. The Balaban J connectivity index is 2.18. The summed E-state index contributed by atoms with van der Waals surface area (Å²) in [5.41, 5.74) is 0.267. The van der Waals surface area contributed by atoms with E-state index in [4.69, 9.17) is 0 Å². The third-order valence-electron chi connectivity index (χ3n) is 5.21. The van der Waals surface area contributed by atoms with Gasteiger partial charge in [0, 0.05) is 6.04 Å². The van der Waals surface area contributed by atoms with Crippen molar-refractivity contribution in [2.45, 2.75) is 97.3 Å². The Hall–Kier alpha value is -0.570. The van der Waals surface area contributed by atoms with Gasteiger partial charge in [-0.15, -0.1) is 0 Å². The molecule has 2 rings (SSSR count). The SMILES string of the molecule is CCCC1NC(CCC)N(C2CCCCC2(C)C)C1=O. The molecule has 0 aromatic rings. The van der Waals surface area contributed by atoms with E-state index in [9.17, 15) is 4.79 Å². The van der Waals surface area contributed by atoms with Crippen molar-refractivity contribution in [1.82, 2.24) is 10.2 Å². The third-order valence-corrected chi connectivity index (χ3v) is 5.21. The highest BCUT2D eigenvalue weighted by Crippen LogP contribution is 2.41. The monoisotopic (exact) mass is 280 g/mol. The molecule has 0 bridgehead atoms. The third kappa shape index (κ3) is 3.03. The fourth-order valence-corrected chi connectivity index (χ4v) is 4.07. The van der Waals surface area contributed by atoms with E-state index >= 15 is 0 Å². The Morgan fingerprint density at radius 2 is 1.90 bits per heavy atom. The van der Waals surface area contributed by atoms with Gasteiger partial charge >= 0.3 is 0 Å². The molecule has 0 spiro atoms. The maximum atomic E-state index is 12.8. The van der Waals surface area contributed by atoms with Crippen LogP contribution in [0.15, 0.2) is 0 Å². The van der Waals surface area contributed by atoms with E-state index in [0.29, 0.717) is 11.9 Å². The molecule has 3 atom stereocenters. The van der Waals surface area contributed by atoms with E-state index in [1.54, 1.807) is 0 Å². The number of amides is 1. The summed E-state index contributed by atoms with van der Waals surface area (Å²) < 4.78 is 0. The normalized spacial score (nSPS) is 33.7.